The van der Waals surface area contributed by atoms with Crippen molar-refractivity contribution < 1.29 is 0 Å². The average Bonchev–Trinajstić information content (AvgIpc) is 3.05. The smallest absolute Gasteiger partial charge is 0.115 e. The number of nitrogens with zero attached hydrogens (tertiary/aromatic N) is 4. The molecule has 0 saturated heterocycles. The van der Waals surface area contributed by atoms with Crippen LogP contribution in [0.5, 0.6) is 0 Å². The van der Waals surface area contributed by atoms with E-state index in [0.717, 1.165) is 28.0 Å². The van der Waals surface area contributed by atoms with Crippen molar-refractivity contribution in [1.82, 2.24) is 15.0 Å². The first-order valence-electron chi connectivity index (χ1n) is 8.02. The minimum Gasteiger partial charge on any atom is -0.256 e. The molecule has 1 heterocycles. The molecule has 0 saturated carbocycles. The lowest BCUT2D eigenvalue weighted by Gasteiger charge is -1.98. The molecule has 0 fully saturated rings. The minimum absolute atomic E-state index is 0.563. The standard InChI is InChI=1S/C20H14Cl2N4/c1-13-2-7-17(8-3-13)26-24-19-9-6-16(11-20(19)25-26)23-12-14-4-5-15(21)10-18(14)22/h2-12H,1H3. The molecule has 0 aliphatic rings. The summed E-state index contributed by atoms with van der Waals surface area (Å²) in [6.45, 7) is 2.05. The molecule has 4 nitrogen and oxygen atoms in total. The van der Waals surface area contributed by atoms with E-state index in [-0.39, 0.29) is 0 Å². The molecule has 26 heavy (non-hydrogen) atoms. The van der Waals surface area contributed by atoms with Gasteiger partial charge in [0.15, 0.2) is 0 Å². The van der Waals surface area contributed by atoms with Gasteiger partial charge in [-0.15, -0.1) is 10.2 Å². The molecule has 3 aromatic carbocycles. The first kappa shape index (κ1) is 16.8. The molecule has 1 aromatic heterocycles. The lowest BCUT2D eigenvalue weighted by Crippen LogP contribution is -1.97. The van der Waals surface area contributed by atoms with Crippen LogP contribution in [0.15, 0.2) is 65.7 Å². The van der Waals surface area contributed by atoms with Gasteiger partial charge < -0.3 is 0 Å². The number of aryl methyl sites for hydroxylation is 1. The van der Waals surface area contributed by atoms with E-state index in [0.29, 0.717) is 10.0 Å². The predicted molar refractivity (Wildman–Crippen MR) is 107 cm³/mol. The zero-order chi connectivity index (χ0) is 18.1. The topological polar surface area (TPSA) is 43.1 Å². The van der Waals surface area contributed by atoms with Crippen LogP contribution in [-0.4, -0.2) is 21.2 Å². The van der Waals surface area contributed by atoms with E-state index < -0.39 is 0 Å². The van der Waals surface area contributed by atoms with Gasteiger partial charge in [0, 0.05) is 16.8 Å². The van der Waals surface area contributed by atoms with Gasteiger partial charge in [-0.1, -0.05) is 47.0 Å². The number of aromatic nitrogens is 3. The van der Waals surface area contributed by atoms with Crippen LogP contribution in [0.3, 0.4) is 0 Å². The monoisotopic (exact) mass is 380 g/mol. The molecule has 0 unspecified atom stereocenters. The van der Waals surface area contributed by atoms with Gasteiger partial charge in [-0.05, 0) is 49.4 Å². The van der Waals surface area contributed by atoms with E-state index in [1.807, 2.05) is 55.5 Å². The molecule has 0 amide bonds. The van der Waals surface area contributed by atoms with Gasteiger partial charge in [0.1, 0.15) is 11.0 Å². The quantitative estimate of drug-likeness (QED) is 0.422. The Morgan fingerprint density at radius 3 is 2.42 bits per heavy atom. The predicted octanol–water partition coefficient (Wildman–Crippen LogP) is 5.79. The molecule has 4 aromatic rings. The molecule has 0 spiro atoms. The van der Waals surface area contributed by atoms with E-state index in [1.165, 1.54) is 5.56 Å². The molecule has 128 valence electrons. The highest BCUT2D eigenvalue weighted by Crippen LogP contribution is 2.22. The third kappa shape index (κ3) is 3.47. The summed E-state index contributed by atoms with van der Waals surface area (Å²) in [5.74, 6) is 0. The maximum atomic E-state index is 6.17. The normalized spacial score (nSPS) is 11.5. The van der Waals surface area contributed by atoms with Crippen molar-refractivity contribution in [2.24, 2.45) is 4.99 Å². The van der Waals surface area contributed by atoms with Gasteiger partial charge in [-0.3, -0.25) is 4.99 Å². The molecular formula is C20H14Cl2N4. The summed E-state index contributed by atoms with van der Waals surface area (Å²) in [4.78, 5) is 6.11. The Morgan fingerprint density at radius 1 is 0.885 bits per heavy atom. The molecule has 6 heteroatoms. The molecule has 0 atom stereocenters. The van der Waals surface area contributed by atoms with E-state index in [2.05, 4.69) is 15.2 Å². The second-order valence-electron chi connectivity index (χ2n) is 5.92. The molecule has 4 rings (SSSR count). The van der Waals surface area contributed by atoms with Crippen LogP contribution in [0.25, 0.3) is 16.7 Å². The average molecular weight is 381 g/mol. The second kappa shape index (κ2) is 6.90. The summed E-state index contributed by atoms with van der Waals surface area (Å²) >= 11 is 12.1. The molecule has 0 aliphatic heterocycles. The Labute approximate surface area is 160 Å². The van der Waals surface area contributed by atoms with Crippen molar-refractivity contribution in [3.05, 3.63) is 81.8 Å². The number of hydrogen-bond donors (Lipinski definition) is 0. The Hall–Kier alpha value is -2.69. The zero-order valence-corrected chi connectivity index (χ0v) is 15.4. The zero-order valence-electron chi connectivity index (χ0n) is 13.9. The Bertz CT molecular complexity index is 1110. The summed E-state index contributed by atoms with van der Waals surface area (Å²) < 4.78 is 0. The number of halogens is 2. The number of fused-ring (bicyclic) bond motifs is 1. The first-order chi connectivity index (χ1) is 12.6. The lowest BCUT2D eigenvalue weighted by atomic mass is 10.2. The van der Waals surface area contributed by atoms with E-state index in [9.17, 15) is 0 Å². The number of aliphatic imine (C=N–C) groups is 1. The molecule has 0 N–H and O–H groups in total. The molecule has 0 aliphatic carbocycles. The van der Waals surface area contributed by atoms with Crippen molar-refractivity contribution in [3.63, 3.8) is 0 Å². The fraction of sp³-hybridized carbons (Fsp3) is 0.0500. The number of rotatable bonds is 3. The van der Waals surface area contributed by atoms with Crippen molar-refractivity contribution in [1.29, 1.82) is 0 Å². The van der Waals surface area contributed by atoms with Gasteiger partial charge >= 0.3 is 0 Å². The Morgan fingerprint density at radius 2 is 1.65 bits per heavy atom. The van der Waals surface area contributed by atoms with Crippen molar-refractivity contribution in [2.45, 2.75) is 6.92 Å². The SMILES string of the molecule is Cc1ccc(-n2nc3ccc(N=Cc4ccc(Cl)cc4Cl)cc3n2)cc1. The third-order valence-corrected chi connectivity index (χ3v) is 4.51. The van der Waals surface area contributed by atoms with E-state index in [1.54, 1.807) is 23.1 Å². The third-order valence-electron chi connectivity index (χ3n) is 3.94. The highest BCUT2D eigenvalue weighted by Gasteiger charge is 2.05. The highest BCUT2D eigenvalue weighted by atomic mass is 35.5. The van der Waals surface area contributed by atoms with Crippen LogP contribution < -0.4 is 0 Å². The van der Waals surface area contributed by atoms with Crippen LogP contribution in [0.2, 0.25) is 10.0 Å². The summed E-state index contributed by atoms with van der Waals surface area (Å²) in [5.41, 5.74) is 5.29. The van der Waals surface area contributed by atoms with Crippen LogP contribution >= 0.6 is 23.2 Å². The van der Waals surface area contributed by atoms with Crippen molar-refractivity contribution >= 4 is 46.1 Å². The Balaban J connectivity index is 1.65. The number of benzene rings is 3. The van der Waals surface area contributed by atoms with Crippen LogP contribution in [0, 0.1) is 6.92 Å². The van der Waals surface area contributed by atoms with Crippen molar-refractivity contribution in [3.8, 4) is 5.69 Å². The maximum absolute atomic E-state index is 6.17. The van der Waals surface area contributed by atoms with Crippen LogP contribution in [0.4, 0.5) is 5.69 Å². The lowest BCUT2D eigenvalue weighted by molar-refractivity contribution is 0.765. The van der Waals surface area contributed by atoms with Gasteiger partial charge in [0.25, 0.3) is 0 Å². The van der Waals surface area contributed by atoms with E-state index in [4.69, 9.17) is 23.2 Å². The van der Waals surface area contributed by atoms with Crippen LogP contribution in [-0.2, 0) is 0 Å². The molecule has 0 bridgehead atoms. The molecule has 0 radical (unpaired) electrons. The largest absolute Gasteiger partial charge is 0.256 e. The summed E-state index contributed by atoms with van der Waals surface area (Å²) in [7, 11) is 0. The highest BCUT2D eigenvalue weighted by molar-refractivity contribution is 6.36. The molecular weight excluding hydrogens is 367 g/mol. The summed E-state index contributed by atoms with van der Waals surface area (Å²) in [5, 5.41) is 10.2. The van der Waals surface area contributed by atoms with E-state index >= 15 is 0 Å². The van der Waals surface area contributed by atoms with Gasteiger partial charge in [0.05, 0.1) is 16.4 Å². The minimum atomic E-state index is 0.563. The number of hydrogen-bond acceptors (Lipinski definition) is 3. The van der Waals surface area contributed by atoms with Gasteiger partial charge in [-0.25, -0.2) is 0 Å². The van der Waals surface area contributed by atoms with Crippen molar-refractivity contribution in [2.75, 3.05) is 0 Å². The van der Waals surface area contributed by atoms with Gasteiger partial charge in [-0.2, -0.15) is 4.80 Å². The summed E-state index contributed by atoms with van der Waals surface area (Å²) in [6.07, 6.45) is 1.71. The van der Waals surface area contributed by atoms with Gasteiger partial charge in [0.2, 0.25) is 0 Å². The first-order valence-corrected chi connectivity index (χ1v) is 8.77. The maximum Gasteiger partial charge on any atom is 0.115 e. The second-order valence-corrected chi connectivity index (χ2v) is 6.77. The fourth-order valence-electron chi connectivity index (χ4n) is 2.53. The fourth-order valence-corrected chi connectivity index (χ4v) is 2.98. The Kier molecular flexibility index (Phi) is 4.45. The van der Waals surface area contributed by atoms with Crippen LogP contribution in [0.1, 0.15) is 11.1 Å². The summed E-state index contributed by atoms with van der Waals surface area (Å²) in [6, 6.07) is 19.1.